The molecule has 35 heavy (non-hydrogen) atoms. The van der Waals surface area contributed by atoms with Gasteiger partial charge < -0.3 is 9.15 Å². The highest BCUT2D eigenvalue weighted by molar-refractivity contribution is 6.20. The molecule has 2 amide bonds. The molecule has 1 N–H and O–H groups in total. The molecule has 1 aliphatic rings. The Bertz CT molecular complexity index is 1240. The summed E-state index contributed by atoms with van der Waals surface area (Å²) in [6.07, 6.45) is 2.98. The second kappa shape index (κ2) is 10.3. The van der Waals surface area contributed by atoms with E-state index in [1.54, 1.807) is 48.5 Å². The van der Waals surface area contributed by atoms with Crippen LogP contribution in [0.15, 0.2) is 88.1 Å². The third-order valence-electron chi connectivity index (χ3n) is 5.35. The summed E-state index contributed by atoms with van der Waals surface area (Å²) in [7, 11) is 0. The van der Waals surface area contributed by atoms with Crippen molar-refractivity contribution in [2.24, 2.45) is 10.9 Å². The van der Waals surface area contributed by atoms with E-state index in [2.05, 4.69) is 15.2 Å². The van der Waals surface area contributed by atoms with Crippen molar-refractivity contribution in [3.8, 4) is 5.75 Å². The number of nitrogens with zero attached hydrogens (tertiary/aromatic N) is 2. The van der Waals surface area contributed by atoms with Gasteiger partial charge in [-0.1, -0.05) is 56.3 Å². The van der Waals surface area contributed by atoms with E-state index in [4.69, 9.17) is 4.42 Å². The van der Waals surface area contributed by atoms with Crippen molar-refractivity contribution in [1.82, 2.24) is 10.4 Å². The van der Waals surface area contributed by atoms with Crippen LogP contribution in [-0.4, -0.2) is 29.3 Å². The van der Waals surface area contributed by atoms with Gasteiger partial charge in [0.1, 0.15) is 17.2 Å². The van der Waals surface area contributed by atoms with Crippen LogP contribution in [0.25, 0.3) is 6.08 Å². The number of amides is 2. The van der Waals surface area contributed by atoms with Gasteiger partial charge in [0, 0.05) is 11.6 Å². The molecule has 0 spiro atoms. The summed E-state index contributed by atoms with van der Waals surface area (Å²) in [5.41, 5.74) is 4.04. The Labute approximate surface area is 200 Å². The number of furan rings is 1. The fraction of sp³-hybridized carbons (Fsp3) is 0.192. The molecule has 0 aliphatic carbocycles. The normalized spacial score (nSPS) is 15.6. The number of rotatable bonds is 8. The minimum Gasteiger partial charge on any atom is -0.465 e. The molecule has 0 saturated carbocycles. The standard InChI is InChI=1S/C26H23F2N3O4/c1-16(2)22(17-10-12-19(13-11-17)35-26(27)28)24(32)30-31-23(18-7-4-3-5-8-18)29-21(25(31)33)15-20-9-6-14-34-20/h3-16,22,26H,1-2H3,(H,30,32). The molecule has 180 valence electrons. The molecule has 0 fully saturated rings. The van der Waals surface area contributed by atoms with Gasteiger partial charge in [0.2, 0.25) is 5.91 Å². The number of halogens is 2. The summed E-state index contributed by atoms with van der Waals surface area (Å²) in [4.78, 5) is 31.1. The molecule has 2 aromatic carbocycles. The Balaban J connectivity index is 1.62. The van der Waals surface area contributed by atoms with Crippen molar-refractivity contribution in [3.63, 3.8) is 0 Å². The number of ether oxygens (including phenoxy) is 1. The second-order valence-electron chi connectivity index (χ2n) is 8.13. The van der Waals surface area contributed by atoms with Crippen molar-refractivity contribution in [3.05, 3.63) is 95.6 Å². The van der Waals surface area contributed by atoms with Gasteiger partial charge in [-0.05, 0) is 35.7 Å². The number of amidine groups is 1. The number of aliphatic imine (C=N–C) groups is 1. The van der Waals surface area contributed by atoms with Crippen LogP contribution >= 0.6 is 0 Å². The van der Waals surface area contributed by atoms with Crippen LogP contribution < -0.4 is 10.2 Å². The number of hydrazine groups is 1. The van der Waals surface area contributed by atoms with Crippen LogP contribution in [0.3, 0.4) is 0 Å². The number of alkyl halides is 2. The molecule has 7 nitrogen and oxygen atoms in total. The third kappa shape index (κ3) is 5.46. The molecule has 2 heterocycles. The van der Waals surface area contributed by atoms with Crippen LogP contribution in [0.4, 0.5) is 8.78 Å². The lowest BCUT2D eigenvalue weighted by Crippen LogP contribution is -2.49. The average Bonchev–Trinajstić information content (AvgIpc) is 3.44. The zero-order chi connectivity index (χ0) is 24.9. The zero-order valence-corrected chi connectivity index (χ0v) is 19.0. The highest BCUT2D eigenvalue weighted by Gasteiger charge is 2.35. The van der Waals surface area contributed by atoms with Gasteiger partial charge in [0.25, 0.3) is 5.91 Å². The van der Waals surface area contributed by atoms with Crippen molar-refractivity contribution in [2.75, 3.05) is 0 Å². The lowest BCUT2D eigenvalue weighted by molar-refractivity contribution is -0.134. The fourth-order valence-electron chi connectivity index (χ4n) is 3.78. The minimum atomic E-state index is -2.94. The maximum atomic E-state index is 13.4. The van der Waals surface area contributed by atoms with Crippen LogP contribution in [0.2, 0.25) is 0 Å². The quantitative estimate of drug-likeness (QED) is 0.462. The summed E-state index contributed by atoms with van der Waals surface area (Å²) in [5, 5.41) is 1.12. The maximum Gasteiger partial charge on any atom is 0.387 e. The van der Waals surface area contributed by atoms with Crippen molar-refractivity contribution < 1.29 is 27.5 Å². The molecular weight excluding hydrogens is 456 g/mol. The SMILES string of the molecule is CC(C)C(C(=O)NN1C(=O)C(=Cc2ccco2)N=C1c1ccccc1)c1ccc(OC(F)F)cc1. The zero-order valence-electron chi connectivity index (χ0n) is 19.0. The highest BCUT2D eigenvalue weighted by Crippen LogP contribution is 2.28. The third-order valence-corrected chi connectivity index (χ3v) is 5.35. The van der Waals surface area contributed by atoms with E-state index in [0.29, 0.717) is 16.9 Å². The van der Waals surface area contributed by atoms with Gasteiger partial charge in [0.15, 0.2) is 5.84 Å². The Morgan fingerprint density at radius 3 is 2.37 bits per heavy atom. The fourth-order valence-corrected chi connectivity index (χ4v) is 3.78. The molecule has 9 heteroatoms. The molecule has 0 saturated heterocycles. The average molecular weight is 479 g/mol. The second-order valence-corrected chi connectivity index (χ2v) is 8.13. The molecule has 4 rings (SSSR count). The van der Waals surface area contributed by atoms with E-state index < -0.39 is 24.3 Å². The summed E-state index contributed by atoms with van der Waals surface area (Å²) in [6, 6.07) is 18.3. The summed E-state index contributed by atoms with van der Waals surface area (Å²) in [5.74, 6) is -1.08. The van der Waals surface area contributed by atoms with Crippen molar-refractivity contribution in [1.29, 1.82) is 0 Å². The summed E-state index contributed by atoms with van der Waals surface area (Å²) in [6.45, 7) is 0.771. The van der Waals surface area contributed by atoms with Crippen LogP contribution in [0.5, 0.6) is 5.75 Å². The number of carbonyl (C=O) groups is 2. The van der Waals surface area contributed by atoms with E-state index in [9.17, 15) is 18.4 Å². The number of benzene rings is 2. The molecule has 1 aliphatic heterocycles. The Morgan fingerprint density at radius 1 is 1.06 bits per heavy atom. The largest absolute Gasteiger partial charge is 0.465 e. The predicted octanol–water partition coefficient (Wildman–Crippen LogP) is 4.98. The van der Waals surface area contributed by atoms with Crippen LogP contribution in [0.1, 0.15) is 36.7 Å². The van der Waals surface area contributed by atoms with Gasteiger partial charge in [-0.3, -0.25) is 15.0 Å². The molecular formula is C26H23F2N3O4. The van der Waals surface area contributed by atoms with Crippen molar-refractivity contribution in [2.45, 2.75) is 26.4 Å². The Kier molecular flexibility index (Phi) is 7.05. The lowest BCUT2D eigenvalue weighted by atomic mass is 9.88. The molecule has 1 aromatic heterocycles. The first-order chi connectivity index (χ1) is 16.8. The van der Waals surface area contributed by atoms with Crippen LogP contribution in [0, 0.1) is 5.92 Å². The van der Waals surface area contributed by atoms with E-state index in [0.717, 1.165) is 5.01 Å². The Hall–Kier alpha value is -4.27. The monoisotopic (exact) mass is 479 g/mol. The van der Waals surface area contributed by atoms with Gasteiger partial charge in [-0.15, -0.1) is 0 Å². The highest BCUT2D eigenvalue weighted by atomic mass is 19.3. The summed E-state index contributed by atoms with van der Waals surface area (Å²) >= 11 is 0. The number of hydrogen-bond donors (Lipinski definition) is 1. The van der Waals surface area contributed by atoms with E-state index in [-0.39, 0.29) is 23.2 Å². The smallest absolute Gasteiger partial charge is 0.387 e. The first-order valence-corrected chi connectivity index (χ1v) is 10.9. The van der Waals surface area contributed by atoms with Gasteiger partial charge >= 0.3 is 6.61 Å². The predicted molar refractivity (Wildman–Crippen MR) is 125 cm³/mol. The number of nitrogens with one attached hydrogen (secondary N) is 1. The lowest BCUT2D eigenvalue weighted by Gasteiger charge is -2.25. The van der Waals surface area contributed by atoms with Gasteiger partial charge in [-0.2, -0.15) is 13.8 Å². The molecule has 0 radical (unpaired) electrons. The van der Waals surface area contributed by atoms with Gasteiger partial charge in [-0.25, -0.2) is 4.99 Å². The van der Waals surface area contributed by atoms with Gasteiger partial charge in [0.05, 0.1) is 12.2 Å². The topological polar surface area (TPSA) is 84.1 Å². The number of hydrogen-bond acceptors (Lipinski definition) is 5. The van der Waals surface area contributed by atoms with Crippen molar-refractivity contribution >= 4 is 23.7 Å². The molecule has 1 unspecified atom stereocenters. The summed E-state index contributed by atoms with van der Waals surface area (Å²) < 4.78 is 34.7. The molecule has 1 atom stereocenters. The van der Waals surface area contributed by atoms with Crippen LogP contribution in [-0.2, 0) is 9.59 Å². The van der Waals surface area contributed by atoms with E-state index in [1.807, 2.05) is 19.9 Å². The van der Waals surface area contributed by atoms with E-state index >= 15 is 0 Å². The Morgan fingerprint density at radius 2 is 1.77 bits per heavy atom. The van der Waals surface area contributed by atoms with E-state index in [1.165, 1.54) is 24.5 Å². The maximum absolute atomic E-state index is 13.4. The minimum absolute atomic E-state index is 0.00686. The first-order valence-electron chi connectivity index (χ1n) is 10.9. The number of carbonyl (C=O) groups excluding carboxylic acids is 2. The first kappa shape index (κ1) is 23.9. The molecule has 3 aromatic rings. The molecule has 0 bridgehead atoms.